The lowest BCUT2D eigenvalue weighted by atomic mass is 10.1. The van der Waals surface area contributed by atoms with Crippen molar-refractivity contribution in [2.24, 2.45) is 0 Å². The molecule has 1 aliphatic rings. The van der Waals surface area contributed by atoms with Crippen molar-refractivity contribution in [3.8, 4) is 0 Å². The fourth-order valence-electron chi connectivity index (χ4n) is 2.64. The summed E-state index contributed by atoms with van der Waals surface area (Å²) >= 11 is 0. The van der Waals surface area contributed by atoms with E-state index < -0.39 is 22.1 Å². The number of carbonyl (C=O) groups is 2. The van der Waals surface area contributed by atoms with Crippen LogP contribution in [0.4, 0.5) is 0 Å². The molecule has 7 heteroatoms. The number of nitrogens with zero attached hydrogens (tertiary/aromatic N) is 1. The van der Waals surface area contributed by atoms with Crippen LogP contribution in [0.5, 0.6) is 0 Å². The van der Waals surface area contributed by atoms with Gasteiger partial charge in [-0.25, -0.2) is 13.2 Å². The number of ether oxygens (including phenoxy) is 1. The summed E-state index contributed by atoms with van der Waals surface area (Å²) in [4.78, 5) is 23.2. The lowest BCUT2D eigenvalue weighted by molar-refractivity contribution is -0.124. The molecule has 2 unspecified atom stereocenters. The zero-order chi connectivity index (χ0) is 17.9. The van der Waals surface area contributed by atoms with Crippen LogP contribution in [0.1, 0.15) is 50.4 Å². The minimum Gasteiger partial charge on any atom is -0.451 e. The number of hydrogen-bond acceptors (Lipinski definition) is 5. The lowest BCUT2D eigenvalue weighted by Gasteiger charge is -2.32. The van der Waals surface area contributed by atoms with E-state index in [2.05, 4.69) is 0 Å². The molecule has 0 amide bonds. The van der Waals surface area contributed by atoms with Crippen molar-refractivity contribution in [1.82, 2.24) is 4.31 Å². The first-order valence-corrected chi connectivity index (χ1v) is 9.51. The van der Waals surface area contributed by atoms with Crippen molar-refractivity contribution in [2.75, 3.05) is 6.54 Å². The molecule has 0 aromatic heterocycles. The number of Topliss-reactive ketones (excluding diaryl/α,β-unsaturated/α-hetero) is 1. The quantitative estimate of drug-likeness (QED) is 0.759. The van der Waals surface area contributed by atoms with Crippen LogP contribution >= 0.6 is 0 Å². The van der Waals surface area contributed by atoms with Gasteiger partial charge < -0.3 is 4.74 Å². The van der Waals surface area contributed by atoms with Gasteiger partial charge in [-0.15, -0.1) is 0 Å². The fraction of sp³-hybridized carbons (Fsp3) is 0.529. The van der Waals surface area contributed by atoms with Crippen molar-refractivity contribution in [2.45, 2.75) is 57.1 Å². The van der Waals surface area contributed by atoms with E-state index >= 15 is 0 Å². The van der Waals surface area contributed by atoms with Crippen molar-refractivity contribution in [3.05, 3.63) is 29.8 Å². The molecule has 132 valence electrons. The van der Waals surface area contributed by atoms with Crippen LogP contribution in [0.2, 0.25) is 0 Å². The number of carbonyl (C=O) groups excluding carboxylic acids is 2. The molecule has 2 rings (SSSR count). The van der Waals surface area contributed by atoms with Gasteiger partial charge in [0.05, 0.1) is 10.5 Å². The van der Waals surface area contributed by atoms with Gasteiger partial charge in [-0.05, 0) is 57.9 Å². The minimum absolute atomic E-state index is 0.0233. The molecule has 0 bridgehead atoms. The van der Waals surface area contributed by atoms with Crippen molar-refractivity contribution < 1.29 is 22.7 Å². The summed E-state index contributed by atoms with van der Waals surface area (Å²) in [6, 6.07) is 5.62. The Kier molecular flexibility index (Phi) is 5.77. The molecule has 0 N–H and O–H groups in total. The summed E-state index contributed by atoms with van der Waals surface area (Å²) < 4.78 is 31.9. The van der Waals surface area contributed by atoms with Crippen LogP contribution in [-0.4, -0.2) is 43.2 Å². The molecular weight excluding hydrogens is 330 g/mol. The molecule has 1 heterocycles. The van der Waals surface area contributed by atoms with Gasteiger partial charge in [-0.1, -0.05) is 6.42 Å². The molecule has 1 aromatic carbocycles. The van der Waals surface area contributed by atoms with Crippen molar-refractivity contribution in [1.29, 1.82) is 0 Å². The van der Waals surface area contributed by atoms with Gasteiger partial charge in [-0.3, -0.25) is 4.79 Å². The molecule has 24 heavy (non-hydrogen) atoms. The molecule has 0 spiro atoms. The molecule has 6 nitrogen and oxygen atoms in total. The molecule has 1 aromatic rings. The predicted molar refractivity (Wildman–Crippen MR) is 89.2 cm³/mol. The first-order chi connectivity index (χ1) is 11.2. The Morgan fingerprint density at radius 3 is 2.38 bits per heavy atom. The summed E-state index contributed by atoms with van der Waals surface area (Å²) in [6.07, 6.45) is 1.92. The second-order valence-corrected chi connectivity index (χ2v) is 8.03. The fourth-order valence-corrected chi connectivity index (χ4v) is 4.34. The topological polar surface area (TPSA) is 80.8 Å². The first kappa shape index (κ1) is 18.6. The van der Waals surface area contributed by atoms with Crippen LogP contribution in [-0.2, 0) is 19.6 Å². The number of sulfonamides is 1. The third-order valence-corrected chi connectivity index (χ3v) is 6.32. The van der Waals surface area contributed by atoms with E-state index in [-0.39, 0.29) is 22.3 Å². The second kappa shape index (κ2) is 7.44. The molecule has 2 atom stereocenters. The number of esters is 1. The van der Waals surface area contributed by atoms with E-state index in [4.69, 9.17) is 4.74 Å². The highest BCUT2D eigenvalue weighted by Crippen LogP contribution is 2.25. The number of rotatable bonds is 5. The molecule has 1 saturated heterocycles. The largest absolute Gasteiger partial charge is 0.451 e. The third-order valence-electron chi connectivity index (χ3n) is 4.29. The Morgan fingerprint density at radius 1 is 1.21 bits per heavy atom. The summed E-state index contributed by atoms with van der Waals surface area (Å²) in [5.74, 6) is -0.894. The Bertz CT molecular complexity index is 711. The maximum atomic E-state index is 12.7. The molecule has 0 saturated carbocycles. The summed E-state index contributed by atoms with van der Waals surface area (Å²) in [5.41, 5.74) is 0.216. The summed E-state index contributed by atoms with van der Waals surface area (Å²) in [6.45, 7) is 5.26. The highest BCUT2D eigenvalue weighted by atomic mass is 32.2. The van der Waals surface area contributed by atoms with Gasteiger partial charge >= 0.3 is 5.97 Å². The van der Waals surface area contributed by atoms with E-state index in [9.17, 15) is 18.0 Å². The summed E-state index contributed by atoms with van der Waals surface area (Å²) in [7, 11) is -3.56. The lowest BCUT2D eigenvalue weighted by Crippen LogP contribution is -2.41. The zero-order valence-electron chi connectivity index (χ0n) is 14.2. The maximum absolute atomic E-state index is 12.7. The monoisotopic (exact) mass is 353 g/mol. The van der Waals surface area contributed by atoms with E-state index in [1.54, 1.807) is 0 Å². The van der Waals surface area contributed by atoms with Gasteiger partial charge in [0, 0.05) is 12.6 Å². The Hall–Kier alpha value is -1.73. The molecule has 1 fully saturated rings. The van der Waals surface area contributed by atoms with E-state index in [1.165, 1.54) is 42.4 Å². The normalized spacial score (nSPS) is 20.4. The maximum Gasteiger partial charge on any atom is 0.338 e. The van der Waals surface area contributed by atoms with E-state index in [0.29, 0.717) is 6.54 Å². The van der Waals surface area contributed by atoms with Crippen molar-refractivity contribution >= 4 is 21.8 Å². The average molecular weight is 353 g/mol. The van der Waals surface area contributed by atoms with Crippen LogP contribution in [0.3, 0.4) is 0 Å². The standard InChI is InChI=1S/C17H23NO5S/c1-12-6-4-5-11-18(12)24(21,22)16-9-7-15(8-10-16)17(20)23-14(3)13(2)19/h7-10,12,14H,4-6,11H2,1-3H3. The Morgan fingerprint density at radius 2 is 1.83 bits per heavy atom. The van der Waals surface area contributed by atoms with Gasteiger partial charge in [0.15, 0.2) is 11.9 Å². The molecule has 0 aliphatic carbocycles. The Balaban J connectivity index is 2.16. The number of benzene rings is 1. The van der Waals surface area contributed by atoms with Gasteiger partial charge in [0.1, 0.15) is 0 Å². The predicted octanol–water partition coefficient (Wildman–Crippen LogP) is 2.38. The van der Waals surface area contributed by atoms with Gasteiger partial charge in [-0.2, -0.15) is 4.31 Å². The minimum atomic E-state index is -3.56. The highest BCUT2D eigenvalue weighted by molar-refractivity contribution is 7.89. The van der Waals surface area contributed by atoms with E-state index in [0.717, 1.165) is 19.3 Å². The number of piperidine rings is 1. The molecule has 0 radical (unpaired) electrons. The van der Waals surface area contributed by atoms with Gasteiger partial charge in [0.2, 0.25) is 10.0 Å². The van der Waals surface area contributed by atoms with Crippen molar-refractivity contribution in [3.63, 3.8) is 0 Å². The SMILES string of the molecule is CC(=O)C(C)OC(=O)c1ccc(S(=O)(=O)N2CCCCC2C)cc1. The van der Waals surface area contributed by atoms with Crippen LogP contribution < -0.4 is 0 Å². The van der Waals surface area contributed by atoms with Gasteiger partial charge in [0.25, 0.3) is 0 Å². The third kappa shape index (κ3) is 4.02. The second-order valence-electron chi connectivity index (χ2n) is 6.14. The zero-order valence-corrected chi connectivity index (χ0v) is 15.0. The molecule has 1 aliphatic heterocycles. The van der Waals surface area contributed by atoms with Crippen LogP contribution in [0.25, 0.3) is 0 Å². The molecular formula is C17H23NO5S. The number of ketones is 1. The highest BCUT2D eigenvalue weighted by Gasteiger charge is 2.31. The Labute approximate surface area is 142 Å². The average Bonchev–Trinajstić information content (AvgIpc) is 2.55. The summed E-state index contributed by atoms with van der Waals surface area (Å²) in [5, 5.41) is 0. The van der Waals surface area contributed by atoms with Crippen LogP contribution in [0.15, 0.2) is 29.2 Å². The smallest absolute Gasteiger partial charge is 0.338 e. The first-order valence-electron chi connectivity index (χ1n) is 8.07. The number of hydrogen-bond donors (Lipinski definition) is 0. The van der Waals surface area contributed by atoms with Crippen LogP contribution in [0, 0.1) is 0 Å². The van der Waals surface area contributed by atoms with E-state index in [1.807, 2.05) is 6.92 Å².